The van der Waals surface area contributed by atoms with E-state index in [2.05, 4.69) is 17.9 Å². The van der Waals surface area contributed by atoms with Crippen LogP contribution in [-0.4, -0.2) is 49.0 Å². The summed E-state index contributed by atoms with van der Waals surface area (Å²) in [6.07, 6.45) is 2.68. The van der Waals surface area contributed by atoms with Gasteiger partial charge >= 0.3 is 0 Å². The van der Waals surface area contributed by atoms with Crippen molar-refractivity contribution in [1.82, 2.24) is 9.97 Å². The maximum atomic E-state index is 6.06. The molecule has 0 spiro atoms. The average molecular weight is 355 g/mol. The van der Waals surface area contributed by atoms with Crippen LogP contribution >= 0.6 is 0 Å². The first-order chi connectivity index (χ1) is 12.8. The zero-order valence-corrected chi connectivity index (χ0v) is 15.2. The molecule has 6 nitrogen and oxygen atoms in total. The molecule has 1 fully saturated rings. The fourth-order valence-electron chi connectivity index (χ4n) is 3.27. The summed E-state index contributed by atoms with van der Waals surface area (Å²) in [6, 6.07) is 9.94. The number of aromatic nitrogens is 2. The molecule has 4 rings (SSSR count). The van der Waals surface area contributed by atoms with Gasteiger partial charge in [0, 0.05) is 24.5 Å². The molecule has 1 aromatic carbocycles. The molecule has 1 aromatic heterocycles. The number of aryl methyl sites for hydroxylation is 2. The van der Waals surface area contributed by atoms with E-state index >= 15 is 0 Å². The van der Waals surface area contributed by atoms with Gasteiger partial charge in [0.1, 0.15) is 12.7 Å². The van der Waals surface area contributed by atoms with Crippen molar-refractivity contribution in [1.29, 1.82) is 0 Å². The van der Waals surface area contributed by atoms with Gasteiger partial charge in [-0.3, -0.25) is 0 Å². The van der Waals surface area contributed by atoms with Crippen LogP contribution in [0, 0.1) is 0 Å². The van der Waals surface area contributed by atoms with Gasteiger partial charge in [-0.15, -0.1) is 0 Å². The normalized spacial score (nSPS) is 19.4. The van der Waals surface area contributed by atoms with Gasteiger partial charge in [-0.25, -0.2) is 9.97 Å². The van der Waals surface area contributed by atoms with Crippen LogP contribution in [0.1, 0.15) is 24.7 Å². The first-order valence-corrected chi connectivity index (χ1v) is 9.40. The van der Waals surface area contributed by atoms with Gasteiger partial charge in [-0.2, -0.15) is 0 Å². The molecule has 0 aliphatic carbocycles. The Morgan fingerprint density at radius 3 is 2.65 bits per heavy atom. The number of hydrogen-bond acceptors (Lipinski definition) is 6. The van der Waals surface area contributed by atoms with E-state index in [1.54, 1.807) is 0 Å². The smallest absolute Gasteiger partial charge is 0.225 e. The molecule has 1 saturated heterocycles. The SMILES string of the molecule is CCc1cc(CC[C@H]2COc3ccccc3O2)nc(N2CCOCC2)n1. The molecular weight excluding hydrogens is 330 g/mol. The van der Waals surface area contributed by atoms with E-state index in [1.807, 2.05) is 24.3 Å². The number of fused-ring (bicyclic) bond motifs is 1. The molecule has 2 aromatic rings. The fourth-order valence-corrected chi connectivity index (χ4v) is 3.27. The van der Waals surface area contributed by atoms with Gasteiger partial charge in [0.05, 0.1) is 13.2 Å². The number of hydrogen-bond donors (Lipinski definition) is 0. The molecule has 2 aliphatic rings. The number of ether oxygens (including phenoxy) is 3. The lowest BCUT2D eigenvalue weighted by atomic mass is 10.1. The predicted octanol–water partition coefficient (Wildman–Crippen LogP) is 2.65. The van der Waals surface area contributed by atoms with E-state index in [1.165, 1.54) is 0 Å². The molecule has 0 amide bonds. The highest BCUT2D eigenvalue weighted by molar-refractivity contribution is 5.40. The summed E-state index contributed by atoms with van der Waals surface area (Å²) in [5.41, 5.74) is 2.16. The molecule has 0 unspecified atom stereocenters. The van der Waals surface area contributed by atoms with Crippen LogP contribution in [-0.2, 0) is 17.6 Å². The highest BCUT2D eigenvalue weighted by Crippen LogP contribution is 2.31. The molecule has 3 heterocycles. The Kier molecular flexibility index (Phi) is 5.20. The van der Waals surface area contributed by atoms with Crippen molar-refractivity contribution < 1.29 is 14.2 Å². The minimum Gasteiger partial charge on any atom is -0.486 e. The van der Waals surface area contributed by atoms with Crippen LogP contribution in [0.15, 0.2) is 30.3 Å². The summed E-state index contributed by atoms with van der Waals surface area (Å²) in [5, 5.41) is 0. The Labute approximate surface area is 154 Å². The van der Waals surface area contributed by atoms with Gasteiger partial charge in [-0.05, 0) is 37.5 Å². The second-order valence-corrected chi connectivity index (χ2v) is 6.64. The summed E-state index contributed by atoms with van der Waals surface area (Å²) in [7, 11) is 0. The van der Waals surface area contributed by atoms with Crippen molar-refractivity contribution in [2.75, 3.05) is 37.8 Å². The van der Waals surface area contributed by atoms with Gasteiger partial charge in [0.15, 0.2) is 11.5 Å². The molecular formula is C20H25N3O3. The van der Waals surface area contributed by atoms with Crippen molar-refractivity contribution in [2.45, 2.75) is 32.3 Å². The standard InChI is InChI=1S/C20H25N3O3/c1-2-15-13-16(22-20(21-15)23-9-11-24-12-10-23)7-8-17-14-25-18-5-3-4-6-19(18)26-17/h3-6,13,17H,2,7-12,14H2,1H3/t17-/m0/s1. The third-order valence-electron chi connectivity index (χ3n) is 4.77. The third kappa shape index (κ3) is 3.90. The molecule has 0 radical (unpaired) electrons. The number of anilines is 1. The Bertz CT molecular complexity index is 747. The number of morpholine rings is 1. The number of nitrogens with zero attached hydrogens (tertiary/aromatic N) is 3. The average Bonchev–Trinajstić information content (AvgIpc) is 2.72. The summed E-state index contributed by atoms with van der Waals surface area (Å²) >= 11 is 0. The fraction of sp³-hybridized carbons (Fsp3) is 0.500. The maximum absolute atomic E-state index is 6.06. The van der Waals surface area contributed by atoms with E-state index in [4.69, 9.17) is 24.2 Å². The van der Waals surface area contributed by atoms with Crippen molar-refractivity contribution in [3.63, 3.8) is 0 Å². The van der Waals surface area contributed by atoms with Gasteiger partial charge < -0.3 is 19.1 Å². The molecule has 2 aliphatic heterocycles. The highest BCUT2D eigenvalue weighted by Gasteiger charge is 2.21. The zero-order valence-electron chi connectivity index (χ0n) is 15.2. The van der Waals surface area contributed by atoms with Crippen molar-refractivity contribution in [2.24, 2.45) is 0 Å². The predicted molar refractivity (Wildman–Crippen MR) is 99.1 cm³/mol. The Morgan fingerprint density at radius 2 is 1.85 bits per heavy atom. The molecule has 0 saturated carbocycles. The quantitative estimate of drug-likeness (QED) is 0.822. The number of benzene rings is 1. The lowest BCUT2D eigenvalue weighted by Gasteiger charge is -2.28. The third-order valence-corrected chi connectivity index (χ3v) is 4.77. The summed E-state index contributed by atoms with van der Waals surface area (Å²) in [5.74, 6) is 2.48. The van der Waals surface area contributed by atoms with Crippen LogP contribution in [0.25, 0.3) is 0 Å². The maximum Gasteiger partial charge on any atom is 0.225 e. The first-order valence-electron chi connectivity index (χ1n) is 9.40. The topological polar surface area (TPSA) is 56.7 Å². The van der Waals surface area contributed by atoms with Crippen molar-refractivity contribution >= 4 is 5.95 Å². The Hall–Kier alpha value is -2.34. The second kappa shape index (κ2) is 7.91. The molecule has 26 heavy (non-hydrogen) atoms. The van der Waals surface area contributed by atoms with Crippen LogP contribution < -0.4 is 14.4 Å². The number of para-hydroxylation sites is 2. The van der Waals surface area contributed by atoms with Gasteiger partial charge in [-0.1, -0.05) is 19.1 Å². The summed E-state index contributed by atoms with van der Waals surface area (Å²) in [6.45, 7) is 5.89. The van der Waals surface area contributed by atoms with E-state index in [0.717, 1.165) is 74.4 Å². The van der Waals surface area contributed by atoms with Crippen LogP contribution in [0.4, 0.5) is 5.95 Å². The molecule has 6 heteroatoms. The largest absolute Gasteiger partial charge is 0.486 e. The highest BCUT2D eigenvalue weighted by atomic mass is 16.6. The Balaban J connectivity index is 1.43. The van der Waals surface area contributed by atoms with Crippen molar-refractivity contribution in [3.8, 4) is 11.5 Å². The zero-order chi connectivity index (χ0) is 17.8. The summed E-state index contributed by atoms with van der Waals surface area (Å²) < 4.78 is 17.3. The summed E-state index contributed by atoms with van der Waals surface area (Å²) in [4.78, 5) is 11.7. The monoisotopic (exact) mass is 355 g/mol. The van der Waals surface area contributed by atoms with Crippen LogP contribution in [0.2, 0.25) is 0 Å². The lowest BCUT2D eigenvalue weighted by molar-refractivity contribution is 0.0849. The minimum atomic E-state index is 0.0526. The van der Waals surface area contributed by atoms with E-state index in [-0.39, 0.29) is 6.10 Å². The molecule has 138 valence electrons. The van der Waals surface area contributed by atoms with E-state index in [9.17, 15) is 0 Å². The van der Waals surface area contributed by atoms with E-state index < -0.39 is 0 Å². The minimum absolute atomic E-state index is 0.0526. The van der Waals surface area contributed by atoms with E-state index in [0.29, 0.717) is 6.61 Å². The molecule has 0 N–H and O–H groups in total. The molecule has 0 bridgehead atoms. The lowest BCUT2D eigenvalue weighted by Crippen LogP contribution is -2.37. The number of rotatable bonds is 5. The van der Waals surface area contributed by atoms with Gasteiger partial charge in [0.2, 0.25) is 5.95 Å². The van der Waals surface area contributed by atoms with Crippen LogP contribution in [0.5, 0.6) is 11.5 Å². The second-order valence-electron chi connectivity index (χ2n) is 6.64. The van der Waals surface area contributed by atoms with Gasteiger partial charge in [0.25, 0.3) is 0 Å². The van der Waals surface area contributed by atoms with Crippen molar-refractivity contribution in [3.05, 3.63) is 41.7 Å². The van der Waals surface area contributed by atoms with Crippen LogP contribution in [0.3, 0.4) is 0 Å². The molecule has 1 atom stereocenters. The first kappa shape index (κ1) is 17.1. The Morgan fingerprint density at radius 1 is 1.08 bits per heavy atom.